The SMILES string of the molecule is OCC1CCCN(Cc2noc(Cc3ccccc3)n2)C1. The van der Waals surface area contributed by atoms with Crippen molar-refractivity contribution in [2.24, 2.45) is 5.92 Å². The van der Waals surface area contributed by atoms with Crippen LogP contribution >= 0.6 is 0 Å². The van der Waals surface area contributed by atoms with Crippen molar-refractivity contribution < 1.29 is 9.63 Å². The highest BCUT2D eigenvalue weighted by atomic mass is 16.5. The Morgan fingerprint density at radius 2 is 2.14 bits per heavy atom. The Bertz CT molecular complexity index is 556. The van der Waals surface area contributed by atoms with Crippen LogP contribution in [0.25, 0.3) is 0 Å². The summed E-state index contributed by atoms with van der Waals surface area (Å²) >= 11 is 0. The molecule has 0 bridgehead atoms. The average molecular weight is 287 g/mol. The Hall–Kier alpha value is -1.72. The molecular weight excluding hydrogens is 266 g/mol. The topological polar surface area (TPSA) is 62.4 Å². The summed E-state index contributed by atoms with van der Waals surface area (Å²) in [6.07, 6.45) is 2.91. The van der Waals surface area contributed by atoms with E-state index in [1.54, 1.807) is 0 Å². The molecule has 0 amide bonds. The van der Waals surface area contributed by atoms with Crippen LogP contribution in [-0.4, -0.2) is 39.8 Å². The lowest BCUT2D eigenvalue weighted by molar-refractivity contribution is 0.113. The van der Waals surface area contributed by atoms with Crippen LogP contribution in [0.4, 0.5) is 0 Å². The molecule has 5 heteroatoms. The van der Waals surface area contributed by atoms with Gasteiger partial charge in [0, 0.05) is 13.2 Å². The molecule has 1 aliphatic heterocycles. The van der Waals surface area contributed by atoms with Gasteiger partial charge in [-0.05, 0) is 30.9 Å². The van der Waals surface area contributed by atoms with Crippen LogP contribution in [0.3, 0.4) is 0 Å². The summed E-state index contributed by atoms with van der Waals surface area (Å²) in [7, 11) is 0. The van der Waals surface area contributed by atoms with Crippen molar-refractivity contribution in [1.29, 1.82) is 0 Å². The first-order valence-corrected chi connectivity index (χ1v) is 7.52. The normalized spacial score (nSPS) is 19.8. The highest BCUT2D eigenvalue weighted by Gasteiger charge is 2.20. The van der Waals surface area contributed by atoms with Gasteiger partial charge in [-0.25, -0.2) is 0 Å². The summed E-state index contributed by atoms with van der Waals surface area (Å²) in [4.78, 5) is 6.76. The number of aliphatic hydroxyl groups excluding tert-OH is 1. The number of piperidine rings is 1. The van der Waals surface area contributed by atoms with Crippen molar-refractivity contribution in [1.82, 2.24) is 15.0 Å². The second kappa shape index (κ2) is 6.83. The zero-order valence-electron chi connectivity index (χ0n) is 12.1. The van der Waals surface area contributed by atoms with Gasteiger partial charge in [0.15, 0.2) is 5.82 Å². The molecule has 0 radical (unpaired) electrons. The van der Waals surface area contributed by atoms with Crippen LogP contribution in [0, 0.1) is 5.92 Å². The molecule has 3 rings (SSSR count). The van der Waals surface area contributed by atoms with Crippen LogP contribution in [0.5, 0.6) is 0 Å². The van der Waals surface area contributed by atoms with E-state index in [4.69, 9.17) is 4.52 Å². The summed E-state index contributed by atoms with van der Waals surface area (Å²) < 4.78 is 5.33. The van der Waals surface area contributed by atoms with Crippen molar-refractivity contribution in [3.05, 3.63) is 47.6 Å². The molecule has 0 spiro atoms. The first kappa shape index (κ1) is 14.2. The summed E-state index contributed by atoms with van der Waals surface area (Å²) in [5.41, 5.74) is 1.17. The lowest BCUT2D eigenvalue weighted by atomic mass is 9.99. The molecule has 0 saturated carbocycles. The highest BCUT2D eigenvalue weighted by molar-refractivity contribution is 5.17. The average Bonchev–Trinajstić information content (AvgIpc) is 2.95. The Labute approximate surface area is 124 Å². The Kier molecular flexibility index (Phi) is 4.62. The predicted octanol–water partition coefficient (Wildman–Crippen LogP) is 1.86. The molecule has 1 aromatic heterocycles. The third kappa shape index (κ3) is 3.89. The van der Waals surface area contributed by atoms with Gasteiger partial charge in [0.2, 0.25) is 5.89 Å². The second-order valence-electron chi connectivity index (χ2n) is 5.69. The monoisotopic (exact) mass is 287 g/mol. The Balaban J connectivity index is 1.57. The molecule has 1 unspecified atom stereocenters. The van der Waals surface area contributed by atoms with Gasteiger partial charge in [-0.3, -0.25) is 4.90 Å². The van der Waals surface area contributed by atoms with E-state index in [-0.39, 0.29) is 6.61 Å². The maximum absolute atomic E-state index is 9.27. The number of nitrogens with zero attached hydrogens (tertiary/aromatic N) is 3. The maximum Gasteiger partial charge on any atom is 0.231 e. The van der Waals surface area contributed by atoms with Crippen molar-refractivity contribution >= 4 is 0 Å². The van der Waals surface area contributed by atoms with Gasteiger partial charge in [-0.2, -0.15) is 4.98 Å². The minimum absolute atomic E-state index is 0.266. The molecule has 0 aliphatic carbocycles. The van der Waals surface area contributed by atoms with Crippen molar-refractivity contribution in [3.8, 4) is 0 Å². The molecule has 1 fully saturated rings. The first-order chi connectivity index (χ1) is 10.3. The molecule has 5 nitrogen and oxygen atoms in total. The molecular formula is C16H21N3O2. The number of rotatable bonds is 5. The molecule has 2 aromatic rings. The van der Waals surface area contributed by atoms with E-state index in [0.29, 0.717) is 24.8 Å². The van der Waals surface area contributed by atoms with Gasteiger partial charge < -0.3 is 9.63 Å². The maximum atomic E-state index is 9.27. The number of hydrogen-bond acceptors (Lipinski definition) is 5. The van der Waals surface area contributed by atoms with Crippen LogP contribution < -0.4 is 0 Å². The van der Waals surface area contributed by atoms with Crippen LogP contribution in [0.1, 0.15) is 30.1 Å². The molecule has 2 heterocycles. The highest BCUT2D eigenvalue weighted by Crippen LogP contribution is 2.17. The molecule has 1 atom stereocenters. The summed E-state index contributed by atoms with van der Waals surface area (Å²) in [5.74, 6) is 1.78. The fourth-order valence-corrected chi connectivity index (χ4v) is 2.84. The fourth-order valence-electron chi connectivity index (χ4n) is 2.84. The number of benzene rings is 1. The lowest BCUT2D eigenvalue weighted by Crippen LogP contribution is -2.36. The third-order valence-corrected chi connectivity index (χ3v) is 3.93. The number of aromatic nitrogens is 2. The molecule has 1 aromatic carbocycles. The van der Waals surface area contributed by atoms with Gasteiger partial charge in [0.1, 0.15) is 0 Å². The van der Waals surface area contributed by atoms with E-state index in [1.807, 2.05) is 18.2 Å². The van der Waals surface area contributed by atoms with Crippen molar-refractivity contribution in [3.63, 3.8) is 0 Å². The number of hydrogen-bond donors (Lipinski definition) is 1. The standard InChI is InChI=1S/C16H21N3O2/c20-12-14-7-4-8-19(10-14)11-15-17-16(21-18-15)9-13-5-2-1-3-6-13/h1-3,5-6,14,20H,4,7-12H2. The summed E-state index contributed by atoms with van der Waals surface area (Å²) in [6, 6.07) is 10.1. The van der Waals surface area contributed by atoms with E-state index in [1.165, 1.54) is 5.56 Å². The largest absolute Gasteiger partial charge is 0.396 e. The van der Waals surface area contributed by atoms with Crippen molar-refractivity contribution in [2.45, 2.75) is 25.8 Å². The zero-order chi connectivity index (χ0) is 14.5. The van der Waals surface area contributed by atoms with Gasteiger partial charge in [0.05, 0.1) is 13.0 Å². The molecule has 1 saturated heterocycles. The summed E-state index contributed by atoms with van der Waals surface area (Å²) in [5, 5.41) is 13.3. The lowest BCUT2D eigenvalue weighted by Gasteiger charge is -2.30. The van der Waals surface area contributed by atoms with Crippen LogP contribution in [-0.2, 0) is 13.0 Å². The Morgan fingerprint density at radius 3 is 2.95 bits per heavy atom. The van der Waals surface area contributed by atoms with Gasteiger partial charge >= 0.3 is 0 Å². The van der Waals surface area contributed by atoms with E-state index in [2.05, 4.69) is 27.2 Å². The smallest absolute Gasteiger partial charge is 0.231 e. The molecule has 112 valence electrons. The predicted molar refractivity (Wildman–Crippen MR) is 78.6 cm³/mol. The second-order valence-corrected chi connectivity index (χ2v) is 5.69. The first-order valence-electron chi connectivity index (χ1n) is 7.52. The minimum atomic E-state index is 0.266. The zero-order valence-corrected chi connectivity index (χ0v) is 12.1. The summed E-state index contributed by atoms with van der Waals surface area (Å²) in [6.45, 7) is 2.93. The van der Waals surface area contributed by atoms with E-state index in [0.717, 1.165) is 31.8 Å². The van der Waals surface area contributed by atoms with E-state index >= 15 is 0 Å². The van der Waals surface area contributed by atoms with Crippen LogP contribution in [0.2, 0.25) is 0 Å². The van der Waals surface area contributed by atoms with Crippen LogP contribution in [0.15, 0.2) is 34.9 Å². The third-order valence-electron chi connectivity index (χ3n) is 3.93. The van der Waals surface area contributed by atoms with Gasteiger partial charge in [0.25, 0.3) is 0 Å². The molecule has 21 heavy (non-hydrogen) atoms. The minimum Gasteiger partial charge on any atom is -0.396 e. The molecule has 1 N–H and O–H groups in total. The Morgan fingerprint density at radius 1 is 1.29 bits per heavy atom. The quantitative estimate of drug-likeness (QED) is 0.909. The fraction of sp³-hybridized carbons (Fsp3) is 0.500. The number of likely N-dealkylation sites (tertiary alicyclic amines) is 1. The van der Waals surface area contributed by atoms with E-state index in [9.17, 15) is 5.11 Å². The van der Waals surface area contributed by atoms with Gasteiger partial charge in [-0.15, -0.1) is 0 Å². The molecule has 1 aliphatic rings. The van der Waals surface area contributed by atoms with E-state index < -0.39 is 0 Å². The number of aliphatic hydroxyl groups is 1. The van der Waals surface area contributed by atoms with Gasteiger partial charge in [-0.1, -0.05) is 35.5 Å². The van der Waals surface area contributed by atoms with Crippen molar-refractivity contribution in [2.75, 3.05) is 19.7 Å².